The van der Waals surface area contributed by atoms with Crippen molar-refractivity contribution in [1.82, 2.24) is 0 Å². The predicted molar refractivity (Wildman–Crippen MR) is 84.9 cm³/mol. The minimum absolute atomic E-state index is 1.12. The molecule has 0 N–H and O–H groups in total. The Hall–Kier alpha value is -2.08. The van der Waals surface area contributed by atoms with Crippen LogP contribution in [0.5, 0.6) is 0 Å². The molecule has 0 heterocycles. The van der Waals surface area contributed by atoms with Crippen molar-refractivity contribution in [2.24, 2.45) is 0 Å². The maximum atomic E-state index is 2.20. The van der Waals surface area contributed by atoms with Gasteiger partial charge in [0.15, 0.2) is 0 Å². The molecule has 0 saturated carbocycles. The van der Waals surface area contributed by atoms with Gasteiger partial charge in [-0.15, -0.1) is 0 Å². The maximum Gasteiger partial charge on any atom is -0.00882 e. The van der Waals surface area contributed by atoms with E-state index in [0.29, 0.717) is 0 Å². The fourth-order valence-electron chi connectivity index (χ4n) is 2.08. The van der Waals surface area contributed by atoms with Gasteiger partial charge in [0.25, 0.3) is 0 Å². The van der Waals surface area contributed by atoms with Gasteiger partial charge in [0, 0.05) is 0 Å². The lowest BCUT2D eigenvalue weighted by atomic mass is 10.1. The van der Waals surface area contributed by atoms with Gasteiger partial charge < -0.3 is 0 Å². The highest BCUT2D eigenvalue weighted by Gasteiger charge is 2.00. The molecule has 1 aliphatic rings. The largest absolute Gasteiger partial charge is 0.0795 e. The molecule has 0 saturated heterocycles. The normalized spacial score (nSPS) is 11.3. The first kappa shape index (κ1) is 13.4. The molecule has 0 fully saturated rings. The number of hydrogen-bond acceptors (Lipinski definition) is 0. The van der Waals surface area contributed by atoms with Gasteiger partial charge in [-0.3, -0.25) is 0 Å². The Bertz CT molecular complexity index is 570. The first-order chi connectivity index (χ1) is 9.25. The summed E-state index contributed by atoms with van der Waals surface area (Å²) in [6.07, 6.45) is 7.66. The summed E-state index contributed by atoms with van der Waals surface area (Å²) in [6, 6.07) is 18.8. The van der Waals surface area contributed by atoms with E-state index >= 15 is 0 Å². The van der Waals surface area contributed by atoms with E-state index in [1.54, 1.807) is 0 Å². The van der Waals surface area contributed by atoms with Crippen molar-refractivity contribution in [1.29, 1.82) is 0 Å². The zero-order chi connectivity index (χ0) is 13.5. The third kappa shape index (κ3) is 4.26. The highest BCUT2D eigenvalue weighted by atomic mass is 14.0. The molecule has 0 aliphatic heterocycles. The second-order valence-electron chi connectivity index (χ2n) is 4.94. The third-order valence-electron chi connectivity index (χ3n) is 2.95. The van der Waals surface area contributed by atoms with E-state index in [4.69, 9.17) is 0 Å². The first-order valence-corrected chi connectivity index (χ1v) is 6.70. The molecular formula is C19H20. The van der Waals surface area contributed by atoms with Crippen molar-refractivity contribution < 1.29 is 0 Å². The van der Waals surface area contributed by atoms with Crippen LogP contribution in [0.1, 0.15) is 30.5 Å². The van der Waals surface area contributed by atoms with E-state index < -0.39 is 0 Å². The minimum Gasteiger partial charge on any atom is -0.0795 e. The summed E-state index contributed by atoms with van der Waals surface area (Å²) in [5, 5.41) is 0. The van der Waals surface area contributed by atoms with Crippen molar-refractivity contribution in [3.8, 4) is 0 Å². The second-order valence-corrected chi connectivity index (χ2v) is 4.94. The zero-order valence-corrected chi connectivity index (χ0v) is 11.6. The van der Waals surface area contributed by atoms with Gasteiger partial charge >= 0.3 is 0 Å². The molecule has 0 spiro atoms. The van der Waals surface area contributed by atoms with E-state index in [9.17, 15) is 0 Å². The first-order valence-electron chi connectivity index (χ1n) is 6.70. The van der Waals surface area contributed by atoms with Crippen LogP contribution in [0.4, 0.5) is 0 Å². The monoisotopic (exact) mass is 248 g/mol. The molecule has 3 rings (SSSR count). The van der Waals surface area contributed by atoms with Gasteiger partial charge in [-0.1, -0.05) is 78.4 Å². The number of hydrogen-bond donors (Lipinski definition) is 0. The molecule has 0 radical (unpaired) electrons. The fourth-order valence-corrected chi connectivity index (χ4v) is 2.08. The van der Waals surface area contributed by atoms with Crippen LogP contribution >= 0.6 is 0 Å². The smallest absolute Gasteiger partial charge is 0.00882 e. The quantitative estimate of drug-likeness (QED) is 0.636. The molecule has 0 unspecified atom stereocenters. The van der Waals surface area contributed by atoms with Crippen molar-refractivity contribution in [2.45, 2.75) is 20.3 Å². The summed E-state index contributed by atoms with van der Waals surface area (Å²) < 4.78 is 0. The van der Waals surface area contributed by atoms with Crippen LogP contribution < -0.4 is 0 Å². The highest BCUT2D eigenvalue weighted by molar-refractivity contribution is 5.59. The Morgan fingerprint density at radius 2 is 1.58 bits per heavy atom. The van der Waals surface area contributed by atoms with Crippen LogP contribution in [-0.2, 0) is 6.42 Å². The molecule has 0 bridgehead atoms. The summed E-state index contributed by atoms with van der Waals surface area (Å²) >= 11 is 0. The van der Waals surface area contributed by atoms with Crippen LogP contribution in [0.3, 0.4) is 0 Å². The second kappa shape index (κ2) is 6.75. The van der Waals surface area contributed by atoms with E-state index in [2.05, 4.69) is 80.6 Å². The average molecular weight is 248 g/mol. The lowest BCUT2D eigenvalue weighted by Gasteiger charge is -1.93. The molecular weight excluding hydrogens is 228 g/mol. The van der Waals surface area contributed by atoms with Crippen molar-refractivity contribution in [2.75, 3.05) is 0 Å². The maximum absolute atomic E-state index is 2.20. The summed E-state index contributed by atoms with van der Waals surface area (Å²) in [4.78, 5) is 0. The number of allylic oxidation sites excluding steroid dienone is 2. The van der Waals surface area contributed by atoms with Crippen LogP contribution in [0.15, 0.2) is 66.2 Å². The van der Waals surface area contributed by atoms with Gasteiger partial charge in [-0.25, -0.2) is 0 Å². The van der Waals surface area contributed by atoms with Gasteiger partial charge in [-0.2, -0.15) is 0 Å². The van der Waals surface area contributed by atoms with Crippen molar-refractivity contribution in [3.63, 3.8) is 0 Å². The van der Waals surface area contributed by atoms with Crippen LogP contribution in [0, 0.1) is 0 Å². The van der Waals surface area contributed by atoms with Gasteiger partial charge in [0.2, 0.25) is 0 Å². The Morgan fingerprint density at radius 3 is 2.26 bits per heavy atom. The summed E-state index contributed by atoms with van der Waals surface area (Å²) in [7, 11) is 0. The van der Waals surface area contributed by atoms with E-state index in [1.165, 1.54) is 22.3 Å². The molecule has 0 amide bonds. The molecule has 0 atom stereocenters. The van der Waals surface area contributed by atoms with Crippen LogP contribution in [0.25, 0.3) is 12.2 Å². The molecule has 0 aromatic heterocycles. The molecule has 96 valence electrons. The Morgan fingerprint density at radius 1 is 0.895 bits per heavy atom. The number of fused-ring (bicyclic) bond motifs is 1. The van der Waals surface area contributed by atoms with E-state index in [-0.39, 0.29) is 0 Å². The molecule has 19 heavy (non-hydrogen) atoms. The number of benzene rings is 2. The highest BCUT2D eigenvalue weighted by Crippen LogP contribution is 2.17. The topological polar surface area (TPSA) is 0 Å². The SMILES string of the molecule is C1=Cc2ccccc2C1.CC(C)=Cc1ccccc1. The molecule has 2 aromatic carbocycles. The Balaban J connectivity index is 0.000000141. The molecule has 1 aliphatic carbocycles. The van der Waals surface area contributed by atoms with E-state index in [1.807, 2.05) is 6.07 Å². The van der Waals surface area contributed by atoms with E-state index in [0.717, 1.165) is 6.42 Å². The van der Waals surface area contributed by atoms with Crippen LogP contribution in [0.2, 0.25) is 0 Å². The van der Waals surface area contributed by atoms with Gasteiger partial charge in [0.1, 0.15) is 0 Å². The average Bonchev–Trinajstić information content (AvgIpc) is 2.88. The molecule has 0 heteroatoms. The molecule has 0 nitrogen and oxygen atoms in total. The lowest BCUT2D eigenvalue weighted by molar-refractivity contribution is 1.31. The Kier molecular flexibility index (Phi) is 4.74. The molecule has 2 aromatic rings. The standard InChI is InChI=1S/C10H12.C9H8/c1-9(2)8-10-6-4-3-5-7-10;1-2-5-9-7-3-6-8(9)4-1/h3-8H,1-2H3;1-6H,7H2. The Labute approximate surface area is 116 Å². The number of rotatable bonds is 1. The van der Waals surface area contributed by atoms with Crippen molar-refractivity contribution in [3.05, 3.63) is 82.9 Å². The summed E-state index contributed by atoms with van der Waals surface area (Å²) in [5.41, 5.74) is 5.46. The predicted octanol–water partition coefficient (Wildman–Crippen LogP) is 5.37. The van der Waals surface area contributed by atoms with Gasteiger partial charge in [0.05, 0.1) is 0 Å². The van der Waals surface area contributed by atoms with Crippen LogP contribution in [-0.4, -0.2) is 0 Å². The summed E-state index contributed by atoms with van der Waals surface area (Å²) in [5.74, 6) is 0. The van der Waals surface area contributed by atoms with Crippen molar-refractivity contribution >= 4 is 12.2 Å². The minimum atomic E-state index is 1.12. The zero-order valence-electron chi connectivity index (χ0n) is 11.6. The van der Waals surface area contributed by atoms with Gasteiger partial charge in [-0.05, 0) is 37.0 Å². The lowest BCUT2D eigenvalue weighted by Crippen LogP contribution is -1.76. The summed E-state index contributed by atoms with van der Waals surface area (Å²) in [6.45, 7) is 4.21. The third-order valence-corrected chi connectivity index (χ3v) is 2.95. The fraction of sp³-hybridized carbons (Fsp3) is 0.158.